The first-order valence-corrected chi connectivity index (χ1v) is 19.2. The molecule has 60 heavy (non-hydrogen) atoms. The fraction of sp³-hybridized carbons (Fsp3) is 0.0800. The molecule has 0 aliphatic carbocycles. The van der Waals surface area contributed by atoms with Gasteiger partial charge in [-0.3, -0.25) is 9.59 Å². The number of benzene rings is 4. The predicted molar refractivity (Wildman–Crippen MR) is 232 cm³/mol. The van der Waals surface area contributed by atoms with E-state index in [9.17, 15) is 9.59 Å². The minimum atomic E-state index is -0.671. The molecule has 2 aliphatic heterocycles. The Bertz CT molecular complexity index is 2880. The van der Waals surface area contributed by atoms with Crippen molar-refractivity contribution >= 4 is 58.3 Å². The summed E-state index contributed by atoms with van der Waals surface area (Å²) in [5.74, 6) is -0.741. The number of carbonyl (C=O) groups excluding carboxylic acids is 2. The number of aromatic nitrogens is 4. The number of ether oxygens (including phenoxy) is 3. The molecule has 2 aliphatic rings. The Morgan fingerprint density at radius 3 is 1.20 bits per heavy atom. The summed E-state index contributed by atoms with van der Waals surface area (Å²) >= 11 is 0. The quantitative estimate of drug-likeness (QED) is 0.0575. The molecule has 0 amide bonds. The zero-order chi connectivity index (χ0) is 40.1. The Labute approximate surface area is 359 Å². The van der Waals surface area contributed by atoms with E-state index in [4.69, 9.17) is 29.4 Å². The maximum absolute atomic E-state index is 11.9. The van der Waals surface area contributed by atoms with E-state index in [1.165, 1.54) is 7.11 Å². The molecule has 0 unspecified atom stereocenters. The number of esters is 2. The van der Waals surface area contributed by atoms with Gasteiger partial charge < -0.3 is 24.2 Å². The van der Waals surface area contributed by atoms with Crippen molar-refractivity contribution in [2.45, 2.75) is 6.42 Å². The smallest absolute Gasteiger partial charge is 0.657 e. The van der Waals surface area contributed by atoms with Gasteiger partial charge in [-0.1, -0.05) is 127 Å². The molecule has 0 saturated carbocycles. The number of fused-ring (bicyclic) bond motifs is 8. The van der Waals surface area contributed by atoms with Crippen LogP contribution in [-0.2, 0) is 38.5 Å². The first-order valence-electron chi connectivity index (χ1n) is 19.2. The summed E-state index contributed by atoms with van der Waals surface area (Å²) in [7, 11) is 1.22. The second-order valence-corrected chi connectivity index (χ2v) is 13.8. The average molecular weight is 838 g/mol. The van der Waals surface area contributed by atoms with Gasteiger partial charge in [-0.15, -0.1) is 22.1 Å². The molecule has 10 heteroatoms. The molecule has 0 saturated heterocycles. The first kappa shape index (κ1) is 39.7. The number of hydrogen-bond donors (Lipinski definition) is 0. The van der Waals surface area contributed by atoms with Crippen LogP contribution in [0, 0.1) is 0 Å². The van der Waals surface area contributed by atoms with E-state index in [1.807, 2.05) is 103 Å². The van der Waals surface area contributed by atoms with Crippen molar-refractivity contribution < 1.29 is 43.3 Å². The van der Waals surface area contributed by atoms with Crippen molar-refractivity contribution in [3.63, 3.8) is 0 Å². The van der Waals surface area contributed by atoms with Gasteiger partial charge in [0.25, 0.3) is 0 Å². The number of nitrogens with zero attached hydrogens (tertiary/aromatic N) is 4. The number of hydrogen-bond acceptors (Lipinski definition) is 7. The van der Waals surface area contributed by atoms with Gasteiger partial charge in [0.05, 0.1) is 29.9 Å². The molecule has 7 aromatic rings. The van der Waals surface area contributed by atoms with Crippen molar-refractivity contribution in [2.75, 3.05) is 20.3 Å². The molecule has 0 spiro atoms. The standard InChI is InChI=1S/C50H36N4O5.Zn/c1-57-45(55)31-46(56)59-30-29-58-36-19-17-35(18-20-36)50-43-27-25-41(53-43)48(33-13-7-3-8-14-33)39-23-21-37(51-39)47(32-11-5-2-6-12-32)38-22-24-40(52-38)49(34-15-9-4-10-16-34)42-26-28-44(50)54-42;/h2-28H,29-31H2,1H3;/q-2;+2. The maximum Gasteiger partial charge on any atom is 2.00 e. The van der Waals surface area contributed by atoms with Crippen molar-refractivity contribution in [3.05, 3.63) is 162 Å². The summed E-state index contributed by atoms with van der Waals surface area (Å²) in [6, 6.07) is 46.6. The van der Waals surface area contributed by atoms with E-state index in [0.717, 1.165) is 89.4 Å². The Kier molecular flexibility index (Phi) is 11.7. The average Bonchev–Trinajstić information content (AvgIpc) is 4.12. The molecule has 8 bridgehead atoms. The Hall–Kier alpha value is -7.16. The van der Waals surface area contributed by atoms with Gasteiger partial charge in [0.2, 0.25) is 0 Å². The fourth-order valence-electron chi connectivity index (χ4n) is 7.36. The summed E-state index contributed by atoms with van der Waals surface area (Å²) in [4.78, 5) is 44.5. The monoisotopic (exact) mass is 836 g/mol. The fourth-order valence-corrected chi connectivity index (χ4v) is 7.36. The van der Waals surface area contributed by atoms with Crippen LogP contribution in [0.15, 0.2) is 140 Å². The van der Waals surface area contributed by atoms with Gasteiger partial charge in [0, 0.05) is 0 Å². The third-order valence-corrected chi connectivity index (χ3v) is 10.1. The molecule has 3 aromatic heterocycles. The zero-order valence-electron chi connectivity index (χ0n) is 32.7. The van der Waals surface area contributed by atoms with Gasteiger partial charge >= 0.3 is 31.4 Å². The van der Waals surface area contributed by atoms with E-state index in [1.54, 1.807) is 0 Å². The minimum Gasteiger partial charge on any atom is -0.657 e. The summed E-state index contributed by atoms with van der Waals surface area (Å²) < 4.78 is 15.5. The SMILES string of the molecule is COC(=O)CC(=O)OCCOc1ccc(-c2c3nc(c(-c4ccccc4)c4ccc([n-]4)c(-c4ccccc4)c4nc(c(-c5ccccc5)c5ccc2[n-]5)C=C4)C=C3)cc1.[Zn+2]. The van der Waals surface area contributed by atoms with Crippen LogP contribution in [-0.4, -0.2) is 42.2 Å². The summed E-state index contributed by atoms with van der Waals surface area (Å²) in [6.45, 7) is 0.0983. The van der Waals surface area contributed by atoms with Gasteiger partial charge in [0.15, 0.2) is 0 Å². The molecule has 0 fully saturated rings. The van der Waals surface area contributed by atoms with Crippen LogP contribution < -0.4 is 14.7 Å². The van der Waals surface area contributed by atoms with E-state index in [0.29, 0.717) is 5.75 Å². The normalized spacial score (nSPS) is 11.5. The Balaban J connectivity index is 0.00000499. The third-order valence-electron chi connectivity index (χ3n) is 10.1. The van der Waals surface area contributed by atoms with Gasteiger partial charge in [-0.05, 0) is 80.9 Å². The molecular formula is C50H36N4O5Zn. The van der Waals surface area contributed by atoms with Crippen LogP contribution in [0.4, 0.5) is 0 Å². The number of rotatable bonds is 10. The number of carbonyl (C=O) groups is 2. The Morgan fingerprint density at radius 1 is 0.467 bits per heavy atom. The molecule has 288 valence electrons. The van der Waals surface area contributed by atoms with Crippen LogP contribution in [0.5, 0.6) is 5.75 Å². The molecule has 9 nitrogen and oxygen atoms in total. The van der Waals surface area contributed by atoms with E-state index >= 15 is 0 Å². The van der Waals surface area contributed by atoms with E-state index < -0.39 is 18.4 Å². The summed E-state index contributed by atoms with van der Waals surface area (Å²) in [5.41, 5.74) is 13.7. The van der Waals surface area contributed by atoms with Crippen LogP contribution in [0.25, 0.3) is 90.9 Å². The van der Waals surface area contributed by atoms with Gasteiger partial charge in [-0.25, -0.2) is 9.97 Å². The maximum atomic E-state index is 11.9. The molecule has 9 rings (SSSR count). The van der Waals surface area contributed by atoms with E-state index in [-0.39, 0.29) is 32.7 Å². The van der Waals surface area contributed by atoms with Crippen LogP contribution in [0.1, 0.15) is 29.2 Å². The van der Waals surface area contributed by atoms with Crippen molar-refractivity contribution in [1.29, 1.82) is 0 Å². The van der Waals surface area contributed by atoms with E-state index in [2.05, 4.69) is 65.4 Å². The molecule has 0 radical (unpaired) electrons. The second-order valence-electron chi connectivity index (χ2n) is 13.8. The molecular weight excluding hydrogens is 802 g/mol. The first-order chi connectivity index (χ1) is 29.0. The second kappa shape index (κ2) is 17.8. The van der Waals surface area contributed by atoms with Crippen LogP contribution in [0.3, 0.4) is 0 Å². The minimum absolute atomic E-state index is 0. The molecule has 0 N–H and O–H groups in total. The van der Waals surface area contributed by atoms with Crippen molar-refractivity contribution in [1.82, 2.24) is 19.9 Å². The van der Waals surface area contributed by atoms with Crippen LogP contribution >= 0.6 is 0 Å². The summed E-state index contributed by atoms with van der Waals surface area (Å²) in [5, 5.41) is 0. The molecule has 4 aromatic carbocycles. The topological polar surface area (TPSA) is 116 Å². The predicted octanol–water partition coefficient (Wildman–Crippen LogP) is 10.1. The van der Waals surface area contributed by atoms with Gasteiger partial charge in [-0.2, -0.15) is 0 Å². The van der Waals surface area contributed by atoms with Crippen molar-refractivity contribution in [3.8, 4) is 50.3 Å². The summed E-state index contributed by atoms with van der Waals surface area (Å²) in [6.07, 6.45) is 7.76. The van der Waals surface area contributed by atoms with Crippen molar-refractivity contribution in [2.24, 2.45) is 0 Å². The molecule has 0 atom stereocenters. The van der Waals surface area contributed by atoms with Crippen LogP contribution in [0.2, 0.25) is 0 Å². The Morgan fingerprint density at radius 2 is 0.833 bits per heavy atom. The largest absolute Gasteiger partial charge is 2.00 e. The zero-order valence-corrected chi connectivity index (χ0v) is 35.7. The molecule has 5 heterocycles. The van der Waals surface area contributed by atoms with Gasteiger partial charge in [0.1, 0.15) is 25.4 Å². The number of methoxy groups -OCH3 is 1. The third kappa shape index (κ3) is 8.24.